The average Bonchev–Trinajstić information content (AvgIpc) is 3.11. The standard InChI is InChI=1S/C25H30O4/c1-15-11-21(12-16(2)23(15)28-19(5)26)25(9-7-8-10-25)22-13-17(3)24(18(4)14-22)29-20(6)27/h11-14H,7-10H2,1-6H3. The molecule has 4 heteroatoms. The van der Waals surface area contributed by atoms with E-state index in [1.54, 1.807) is 0 Å². The van der Waals surface area contributed by atoms with Crippen molar-refractivity contribution < 1.29 is 19.1 Å². The second-order valence-electron chi connectivity index (χ2n) is 8.35. The van der Waals surface area contributed by atoms with Crippen molar-refractivity contribution in [3.8, 4) is 11.5 Å². The van der Waals surface area contributed by atoms with E-state index >= 15 is 0 Å². The number of ether oxygens (including phenoxy) is 2. The number of esters is 2. The first kappa shape index (κ1) is 21.1. The van der Waals surface area contributed by atoms with Crippen LogP contribution in [0, 0.1) is 27.7 Å². The zero-order chi connectivity index (χ0) is 21.3. The molecule has 0 unspecified atom stereocenters. The largest absolute Gasteiger partial charge is 0.426 e. The molecule has 2 aromatic rings. The molecule has 4 nitrogen and oxygen atoms in total. The maximum absolute atomic E-state index is 11.5. The summed E-state index contributed by atoms with van der Waals surface area (Å²) in [6, 6.07) is 8.67. The minimum absolute atomic E-state index is 0.0749. The third-order valence-corrected chi connectivity index (χ3v) is 5.97. The SMILES string of the molecule is CC(=O)Oc1c(C)cc(C2(c3cc(C)c(OC(C)=O)c(C)c3)CCCC2)cc1C. The fourth-order valence-electron chi connectivity index (χ4n) is 4.79. The minimum Gasteiger partial charge on any atom is -0.426 e. The normalized spacial score (nSPS) is 15.2. The van der Waals surface area contributed by atoms with Gasteiger partial charge in [0.05, 0.1) is 0 Å². The van der Waals surface area contributed by atoms with E-state index in [0.717, 1.165) is 35.1 Å². The molecule has 0 amide bonds. The Labute approximate surface area is 173 Å². The van der Waals surface area contributed by atoms with Gasteiger partial charge in [0.1, 0.15) is 11.5 Å². The average molecular weight is 395 g/mol. The molecule has 29 heavy (non-hydrogen) atoms. The molecule has 1 aliphatic rings. The molecular formula is C25H30O4. The van der Waals surface area contributed by atoms with E-state index in [1.165, 1.54) is 37.8 Å². The van der Waals surface area contributed by atoms with Gasteiger partial charge in [-0.1, -0.05) is 37.1 Å². The fourth-order valence-corrected chi connectivity index (χ4v) is 4.79. The van der Waals surface area contributed by atoms with Gasteiger partial charge in [0.15, 0.2) is 0 Å². The molecule has 0 N–H and O–H groups in total. The molecule has 0 bridgehead atoms. The molecule has 0 aliphatic heterocycles. The van der Waals surface area contributed by atoms with Gasteiger partial charge in [0.25, 0.3) is 0 Å². The number of hydrogen-bond donors (Lipinski definition) is 0. The first-order valence-electron chi connectivity index (χ1n) is 10.2. The molecule has 0 spiro atoms. The molecular weight excluding hydrogens is 364 g/mol. The smallest absolute Gasteiger partial charge is 0.308 e. The summed E-state index contributed by atoms with van der Waals surface area (Å²) in [7, 11) is 0. The van der Waals surface area contributed by atoms with Crippen LogP contribution < -0.4 is 9.47 Å². The van der Waals surface area contributed by atoms with E-state index in [4.69, 9.17) is 9.47 Å². The van der Waals surface area contributed by atoms with E-state index in [0.29, 0.717) is 11.5 Å². The summed E-state index contributed by atoms with van der Waals surface area (Å²) in [6.45, 7) is 10.9. The van der Waals surface area contributed by atoms with Crippen molar-refractivity contribution in [3.63, 3.8) is 0 Å². The Morgan fingerprint density at radius 3 is 1.28 bits per heavy atom. The van der Waals surface area contributed by atoms with Gasteiger partial charge in [0, 0.05) is 19.3 Å². The summed E-state index contributed by atoms with van der Waals surface area (Å²) >= 11 is 0. The predicted octanol–water partition coefficient (Wildman–Crippen LogP) is 5.63. The van der Waals surface area contributed by atoms with Gasteiger partial charge >= 0.3 is 11.9 Å². The van der Waals surface area contributed by atoms with Crippen molar-refractivity contribution >= 4 is 11.9 Å². The topological polar surface area (TPSA) is 52.6 Å². The van der Waals surface area contributed by atoms with Crippen LogP contribution in [0.5, 0.6) is 11.5 Å². The van der Waals surface area contributed by atoms with E-state index in [9.17, 15) is 9.59 Å². The Bertz CT molecular complexity index is 845. The molecule has 2 aromatic carbocycles. The zero-order valence-corrected chi connectivity index (χ0v) is 18.3. The monoisotopic (exact) mass is 394 g/mol. The van der Waals surface area contributed by atoms with Gasteiger partial charge in [-0.05, 0) is 73.9 Å². The molecule has 0 radical (unpaired) electrons. The Balaban J connectivity index is 2.13. The predicted molar refractivity (Wildman–Crippen MR) is 114 cm³/mol. The van der Waals surface area contributed by atoms with Crippen LogP contribution in [-0.4, -0.2) is 11.9 Å². The van der Waals surface area contributed by atoms with Crippen molar-refractivity contribution in [1.29, 1.82) is 0 Å². The van der Waals surface area contributed by atoms with Gasteiger partial charge in [-0.25, -0.2) is 0 Å². The van der Waals surface area contributed by atoms with Crippen molar-refractivity contribution in [3.05, 3.63) is 57.6 Å². The van der Waals surface area contributed by atoms with Crippen molar-refractivity contribution in [1.82, 2.24) is 0 Å². The van der Waals surface area contributed by atoms with Crippen LogP contribution in [0.3, 0.4) is 0 Å². The maximum atomic E-state index is 11.5. The number of hydrogen-bond acceptors (Lipinski definition) is 4. The van der Waals surface area contributed by atoms with Crippen LogP contribution in [0.4, 0.5) is 0 Å². The first-order valence-corrected chi connectivity index (χ1v) is 10.2. The Morgan fingerprint density at radius 1 is 0.690 bits per heavy atom. The molecule has 0 aromatic heterocycles. The van der Waals surface area contributed by atoms with E-state index in [2.05, 4.69) is 24.3 Å². The van der Waals surface area contributed by atoms with Crippen molar-refractivity contribution in [2.45, 2.75) is 72.6 Å². The number of carbonyl (C=O) groups is 2. The van der Waals surface area contributed by atoms with Crippen LogP contribution >= 0.6 is 0 Å². The Kier molecular flexibility index (Phi) is 5.83. The lowest BCUT2D eigenvalue weighted by molar-refractivity contribution is -0.132. The van der Waals surface area contributed by atoms with Gasteiger partial charge in [-0.15, -0.1) is 0 Å². The highest BCUT2D eigenvalue weighted by Crippen LogP contribution is 2.49. The summed E-state index contributed by atoms with van der Waals surface area (Å²) < 4.78 is 10.9. The van der Waals surface area contributed by atoms with E-state index in [-0.39, 0.29) is 17.4 Å². The van der Waals surface area contributed by atoms with Gasteiger partial charge in [0.2, 0.25) is 0 Å². The molecule has 1 fully saturated rings. The number of aryl methyl sites for hydroxylation is 4. The van der Waals surface area contributed by atoms with Crippen LogP contribution in [0.15, 0.2) is 24.3 Å². The number of benzene rings is 2. The molecule has 0 saturated heterocycles. The van der Waals surface area contributed by atoms with Crippen LogP contribution in [0.1, 0.15) is 72.9 Å². The number of rotatable bonds is 4. The van der Waals surface area contributed by atoms with Gasteiger partial charge in [-0.3, -0.25) is 9.59 Å². The van der Waals surface area contributed by atoms with Crippen LogP contribution in [0.25, 0.3) is 0 Å². The third-order valence-electron chi connectivity index (χ3n) is 5.97. The van der Waals surface area contributed by atoms with Crippen molar-refractivity contribution in [2.75, 3.05) is 0 Å². The number of carbonyl (C=O) groups excluding carboxylic acids is 2. The lowest BCUT2D eigenvalue weighted by atomic mass is 9.71. The van der Waals surface area contributed by atoms with E-state index in [1.807, 2.05) is 27.7 Å². The lowest BCUT2D eigenvalue weighted by Gasteiger charge is -2.32. The summed E-state index contributed by atoms with van der Waals surface area (Å²) in [5.41, 5.74) is 6.37. The highest BCUT2D eigenvalue weighted by atomic mass is 16.5. The van der Waals surface area contributed by atoms with Crippen LogP contribution in [-0.2, 0) is 15.0 Å². The fraction of sp³-hybridized carbons (Fsp3) is 0.440. The summed E-state index contributed by atoms with van der Waals surface area (Å²) in [6.07, 6.45) is 4.50. The molecule has 0 atom stereocenters. The molecule has 1 saturated carbocycles. The van der Waals surface area contributed by atoms with E-state index < -0.39 is 0 Å². The van der Waals surface area contributed by atoms with Crippen molar-refractivity contribution in [2.24, 2.45) is 0 Å². The van der Waals surface area contributed by atoms with Gasteiger partial charge in [-0.2, -0.15) is 0 Å². The summed E-state index contributed by atoms with van der Waals surface area (Å²) in [5, 5.41) is 0. The third kappa shape index (κ3) is 4.07. The maximum Gasteiger partial charge on any atom is 0.308 e. The summed E-state index contributed by atoms with van der Waals surface area (Å²) in [4.78, 5) is 22.9. The lowest BCUT2D eigenvalue weighted by Crippen LogP contribution is -2.25. The van der Waals surface area contributed by atoms with Gasteiger partial charge < -0.3 is 9.47 Å². The highest BCUT2D eigenvalue weighted by Gasteiger charge is 2.38. The molecule has 3 rings (SSSR count). The molecule has 154 valence electrons. The second-order valence-corrected chi connectivity index (χ2v) is 8.35. The highest BCUT2D eigenvalue weighted by molar-refractivity contribution is 5.71. The summed E-state index contributed by atoms with van der Waals surface area (Å²) in [5.74, 6) is 0.720. The Hall–Kier alpha value is -2.62. The van der Waals surface area contributed by atoms with Crippen LogP contribution in [0.2, 0.25) is 0 Å². The quantitative estimate of drug-likeness (QED) is 0.498. The second kappa shape index (κ2) is 8.02. The molecule has 0 heterocycles. The zero-order valence-electron chi connectivity index (χ0n) is 18.3. The molecule has 1 aliphatic carbocycles. The first-order chi connectivity index (χ1) is 13.6. The Morgan fingerprint density at radius 2 is 1.00 bits per heavy atom. The minimum atomic E-state index is -0.299.